The van der Waals surface area contributed by atoms with Gasteiger partial charge in [-0.25, -0.2) is 0 Å². The molecular formula is C15H32N2OS4. The number of thioether (sulfide) groups is 4. The van der Waals surface area contributed by atoms with E-state index in [9.17, 15) is 0 Å². The lowest BCUT2D eigenvalue weighted by atomic mass is 10.5. The highest BCUT2D eigenvalue weighted by Crippen LogP contribution is 2.10. The van der Waals surface area contributed by atoms with Crippen LogP contribution in [-0.4, -0.2) is 90.4 Å². The number of hydrogen-bond donors (Lipinski definition) is 1. The van der Waals surface area contributed by atoms with Crippen molar-refractivity contribution in [3.63, 3.8) is 0 Å². The fraction of sp³-hybridized carbons (Fsp3) is 1.00. The van der Waals surface area contributed by atoms with Gasteiger partial charge >= 0.3 is 0 Å². The van der Waals surface area contributed by atoms with Gasteiger partial charge in [-0.05, 0) is 6.92 Å². The van der Waals surface area contributed by atoms with E-state index < -0.39 is 0 Å². The van der Waals surface area contributed by atoms with E-state index in [1.807, 2.05) is 0 Å². The number of nitrogens with one attached hydrogen (secondary N) is 1. The zero-order valence-electron chi connectivity index (χ0n) is 13.9. The molecule has 1 saturated heterocycles. The van der Waals surface area contributed by atoms with Crippen molar-refractivity contribution in [3.8, 4) is 0 Å². The van der Waals surface area contributed by atoms with Crippen LogP contribution in [0.1, 0.15) is 6.92 Å². The van der Waals surface area contributed by atoms with Crippen molar-refractivity contribution in [2.24, 2.45) is 0 Å². The second kappa shape index (κ2) is 17.1. The van der Waals surface area contributed by atoms with Crippen molar-refractivity contribution in [2.45, 2.75) is 6.92 Å². The summed E-state index contributed by atoms with van der Waals surface area (Å²) in [5.41, 5.74) is 0. The van der Waals surface area contributed by atoms with Crippen LogP contribution in [0.5, 0.6) is 0 Å². The molecule has 0 atom stereocenters. The molecule has 0 aromatic heterocycles. The molecule has 0 amide bonds. The van der Waals surface area contributed by atoms with E-state index in [1.165, 1.54) is 46.0 Å². The Morgan fingerprint density at radius 1 is 0.773 bits per heavy atom. The van der Waals surface area contributed by atoms with Crippen LogP contribution in [0, 0.1) is 0 Å². The van der Waals surface area contributed by atoms with Crippen molar-refractivity contribution >= 4 is 47.0 Å². The van der Waals surface area contributed by atoms with Crippen molar-refractivity contribution in [1.82, 2.24) is 10.2 Å². The number of hydrogen-bond acceptors (Lipinski definition) is 7. The molecule has 0 bridgehead atoms. The predicted molar refractivity (Wildman–Crippen MR) is 110 cm³/mol. The Balaban J connectivity index is 2.20. The minimum atomic E-state index is 0.798. The lowest BCUT2D eigenvalue weighted by Gasteiger charge is -2.21. The van der Waals surface area contributed by atoms with Crippen molar-refractivity contribution in [2.75, 3.05) is 85.5 Å². The van der Waals surface area contributed by atoms with E-state index >= 15 is 0 Å². The highest BCUT2D eigenvalue weighted by Gasteiger charge is 2.05. The maximum atomic E-state index is 5.60. The Hall–Kier alpha value is 1.28. The van der Waals surface area contributed by atoms with Crippen LogP contribution in [0.4, 0.5) is 0 Å². The zero-order valence-corrected chi connectivity index (χ0v) is 17.2. The molecule has 22 heavy (non-hydrogen) atoms. The summed E-state index contributed by atoms with van der Waals surface area (Å²) < 4.78 is 5.60. The van der Waals surface area contributed by atoms with Crippen LogP contribution >= 0.6 is 47.0 Å². The molecule has 0 unspecified atom stereocenters. The van der Waals surface area contributed by atoms with Gasteiger partial charge in [0.25, 0.3) is 0 Å². The van der Waals surface area contributed by atoms with Crippen LogP contribution in [0.25, 0.3) is 0 Å². The minimum absolute atomic E-state index is 0.798. The Bertz CT molecular complexity index is 220. The first-order chi connectivity index (χ1) is 10.9. The quantitative estimate of drug-likeness (QED) is 0.799. The van der Waals surface area contributed by atoms with Gasteiger partial charge in [0.15, 0.2) is 0 Å². The van der Waals surface area contributed by atoms with Crippen molar-refractivity contribution in [3.05, 3.63) is 0 Å². The fourth-order valence-corrected chi connectivity index (χ4v) is 5.96. The number of ether oxygens (including phenoxy) is 1. The van der Waals surface area contributed by atoms with Crippen LogP contribution in [-0.2, 0) is 4.74 Å². The summed E-state index contributed by atoms with van der Waals surface area (Å²) in [7, 11) is 0. The van der Waals surface area contributed by atoms with Crippen LogP contribution in [0.2, 0.25) is 0 Å². The monoisotopic (exact) mass is 384 g/mol. The van der Waals surface area contributed by atoms with Gasteiger partial charge < -0.3 is 10.1 Å². The van der Waals surface area contributed by atoms with Crippen LogP contribution in [0.3, 0.4) is 0 Å². The predicted octanol–water partition coefficient (Wildman–Crippen LogP) is 2.82. The highest BCUT2D eigenvalue weighted by atomic mass is 32.2. The summed E-state index contributed by atoms with van der Waals surface area (Å²) in [4.78, 5) is 2.47. The molecule has 1 aliphatic heterocycles. The van der Waals surface area contributed by atoms with Crippen LogP contribution in [0.15, 0.2) is 0 Å². The third-order valence-electron chi connectivity index (χ3n) is 3.17. The molecule has 1 heterocycles. The van der Waals surface area contributed by atoms with E-state index in [1.54, 1.807) is 0 Å². The second-order valence-corrected chi connectivity index (χ2v) is 9.84. The third kappa shape index (κ3) is 13.7. The SMILES string of the molecule is CCOCN1CCSCCSCCNCCSCCSCC1. The van der Waals surface area contributed by atoms with Gasteiger partial charge in [-0.15, -0.1) is 0 Å². The molecular weight excluding hydrogens is 352 g/mol. The van der Waals surface area contributed by atoms with Crippen molar-refractivity contribution < 1.29 is 4.74 Å². The molecule has 0 aliphatic carbocycles. The van der Waals surface area contributed by atoms with Gasteiger partial charge in [0.2, 0.25) is 0 Å². The Morgan fingerprint density at radius 3 is 1.77 bits per heavy atom. The molecule has 0 aromatic rings. The molecule has 0 aromatic carbocycles. The Morgan fingerprint density at radius 2 is 1.27 bits per heavy atom. The van der Waals surface area contributed by atoms with Gasteiger partial charge in [-0.3, -0.25) is 4.90 Å². The van der Waals surface area contributed by atoms with Gasteiger partial charge in [0, 0.05) is 78.8 Å². The van der Waals surface area contributed by atoms with Gasteiger partial charge in [-0.1, -0.05) is 0 Å². The lowest BCUT2D eigenvalue weighted by molar-refractivity contribution is 0.0429. The summed E-state index contributed by atoms with van der Waals surface area (Å²) in [6.45, 7) is 8.33. The summed E-state index contributed by atoms with van der Waals surface area (Å²) in [6, 6.07) is 0. The lowest BCUT2D eigenvalue weighted by Crippen LogP contribution is -2.31. The maximum absolute atomic E-state index is 5.60. The molecule has 7 heteroatoms. The first-order valence-electron chi connectivity index (χ1n) is 8.25. The van der Waals surface area contributed by atoms with Gasteiger partial charge in [-0.2, -0.15) is 47.0 Å². The summed E-state index contributed by atoms with van der Waals surface area (Å²) in [6.07, 6.45) is 0. The molecule has 1 rings (SSSR count). The Labute approximate surface area is 154 Å². The maximum Gasteiger partial charge on any atom is 0.0990 e. The van der Waals surface area contributed by atoms with E-state index in [-0.39, 0.29) is 0 Å². The average Bonchev–Trinajstić information content (AvgIpc) is 2.53. The fourth-order valence-electron chi connectivity index (χ4n) is 1.91. The van der Waals surface area contributed by atoms with E-state index in [0.717, 1.165) is 39.5 Å². The second-order valence-electron chi connectivity index (χ2n) is 4.94. The molecule has 1 aliphatic rings. The average molecular weight is 385 g/mol. The first-order valence-corrected chi connectivity index (χ1v) is 12.9. The molecule has 3 nitrogen and oxygen atoms in total. The number of rotatable bonds is 3. The summed E-state index contributed by atoms with van der Waals surface area (Å²) in [5.74, 6) is 10.1. The molecule has 0 saturated carbocycles. The topological polar surface area (TPSA) is 24.5 Å². The Kier molecular flexibility index (Phi) is 16.6. The largest absolute Gasteiger partial charge is 0.366 e. The summed E-state index contributed by atoms with van der Waals surface area (Å²) in [5, 5.41) is 3.54. The molecule has 132 valence electrons. The minimum Gasteiger partial charge on any atom is -0.366 e. The zero-order chi connectivity index (χ0) is 15.7. The van der Waals surface area contributed by atoms with Crippen molar-refractivity contribution in [1.29, 1.82) is 0 Å². The van der Waals surface area contributed by atoms with Crippen LogP contribution < -0.4 is 5.32 Å². The molecule has 0 radical (unpaired) electrons. The number of nitrogens with zero attached hydrogens (tertiary/aromatic N) is 1. The first kappa shape index (κ1) is 21.3. The standard InChI is InChI=1S/C15H32N2OS4/c1-2-18-15-17-5-9-21-13-11-19-7-3-16-4-8-20-12-14-22-10-6-17/h16H,2-15H2,1H3. The van der Waals surface area contributed by atoms with Gasteiger partial charge in [0.05, 0.1) is 6.73 Å². The molecule has 1 fully saturated rings. The smallest absolute Gasteiger partial charge is 0.0990 e. The van der Waals surface area contributed by atoms with Gasteiger partial charge in [0.1, 0.15) is 0 Å². The summed E-state index contributed by atoms with van der Waals surface area (Å²) >= 11 is 8.33. The normalized spacial score (nSPS) is 22.8. The van der Waals surface area contributed by atoms with E-state index in [4.69, 9.17) is 4.74 Å². The highest BCUT2D eigenvalue weighted by molar-refractivity contribution is 8.03. The molecule has 1 N–H and O–H groups in total. The molecule has 0 spiro atoms. The third-order valence-corrected chi connectivity index (χ3v) is 7.59. The van der Waals surface area contributed by atoms with E-state index in [0.29, 0.717) is 0 Å². The van der Waals surface area contributed by atoms with E-state index in [2.05, 4.69) is 64.2 Å².